The van der Waals surface area contributed by atoms with E-state index in [0.29, 0.717) is 11.5 Å². The van der Waals surface area contributed by atoms with Crippen LogP contribution in [0.5, 0.6) is 0 Å². The molecule has 5 heteroatoms. The van der Waals surface area contributed by atoms with Crippen LogP contribution in [0, 0.1) is 6.92 Å². The lowest BCUT2D eigenvalue weighted by Gasteiger charge is -1.99. The molecule has 0 atom stereocenters. The molecule has 4 nitrogen and oxygen atoms in total. The van der Waals surface area contributed by atoms with Crippen LogP contribution in [0.25, 0.3) is 0 Å². The topological polar surface area (TPSA) is 54.9 Å². The first-order valence-corrected chi connectivity index (χ1v) is 5.28. The average molecular weight is 219 g/mol. The lowest BCUT2D eigenvalue weighted by atomic mass is 10.3. The predicted octanol–water partition coefficient (Wildman–Crippen LogP) is 2.10. The van der Waals surface area contributed by atoms with Crippen molar-refractivity contribution < 1.29 is 4.79 Å². The van der Waals surface area contributed by atoms with Gasteiger partial charge in [-0.05, 0) is 19.1 Å². The minimum Gasteiger partial charge on any atom is -0.305 e. The molecule has 2 rings (SSSR count). The number of thiazole rings is 1. The summed E-state index contributed by atoms with van der Waals surface area (Å²) in [4.78, 5) is 19.7. The second-order valence-corrected chi connectivity index (χ2v) is 3.98. The third-order valence-electron chi connectivity index (χ3n) is 1.76. The van der Waals surface area contributed by atoms with Crippen molar-refractivity contribution in [3.63, 3.8) is 0 Å². The molecule has 0 aliphatic rings. The second-order valence-electron chi connectivity index (χ2n) is 2.92. The molecule has 2 aromatic rings. The van der Waals surface area contributed by atoms with Crippen molar-refractivity contribution >= 4 is 23.1 Å². The van der Waals surface area contributed by atoms with Gasteiger partial charge in [0.1, 0.15) is 11.5 Å². The molecule has 0 radical (unpaired) electrons. The molecule has 1 N–H and O–H groups in total. The first-order valence-electron chi connectivity index (χ1n) is 4.40. The van der Waals surface area contributed by atoms with Crippen molar-refractivity contribution in [3.8, 4) is 0 Å². The van der Waals surface area contributed by atoms with Gasteiger partial charge in [0.25, 0.3) is 5.91 Å². The van der Waals surface area contributed by atoms with Crippen LogP contribution in [0.2, 0.25) is 0 Å². The van der Waals surface area contributed by atoms with E-state index in [0.717, 1.165) is 5.01 Å². The lowest BCUT2D eigenvalue weighted by molar-refractivity contribution is 0.102. The van der Waals surface area contributed by atoms with Gasteiger partial charge < -0.3 is 5.32 Å². The Bertz CT molecular complexity index is 467. The fourth-order valence-corrected chi connectivity index (χ4v) is 1.64. The molecule has 0 unspecified atom stereocenters. The van der Waals surface area contributed by atoms with Gasteiger partial charge in [-0.3, -0.25) is 9.78 Å². The van der Waals surface area contributed by atoms with Gasteiger partial charge in [-0.25, -0.2) is 4.98 Å². The van der Waals surface area contributed by atoms with Gasteiger partial charge in [-0.1, -0.05) is 6.07 Å². The molecule has 0 saturated heterocycles. The molecule has 15 heavy (non-hydrogen) atoms. The second kappa shape index (κ2) is 4.18. The number of anilines is 1. The molecular formula is C10H9N3OS. The van der Waals surface area contributed by atoms with E-state index in [1.165, 1.54) is 11.3 Å². The zero-order valence-electron chi connectivity index (χ0n) is 8.10. The number of carbonyl (C=O) groups is 1. The molecule has 0 aliphatic carbocycles. The predicted molar refractivity (Wildman–Crippen MR) is 59.0 cm³/mol. The number of carbonyl (C=O) groups excluding carboxylic acids is 1. The van der Waals surface area contributed by atoms with E-state index in [-0.39, 0.29) is 5.91 Å². The Labute approximate surface area is 91.0 Å². The van der Waals surface area contributed by atoms with Crippen LogP contribution in [0.15, 0.2) is 29.8 Å². The standard InChI is InChI=1S/C10H9N3OS/c1-7-12-9(6-15-7)13-10(14)8-4-2-3-5-11-8/h2-6H,1H3,(H,13,14). The van der Waals surface area contributed by atoms with Crippen molar-refractivity contribution in [2.75, 3.05) is 5.32 Å². The van der Waals surface area contributed by atoms with E-state index in [9.17, 15) is 4.79 Å². The van der Waals surface area contributed by atoms with Crippen LogP contribution >= 0.6 is 11.3 Å². The van der Waals surface area contributed by atoms with Gasteiger partial charge in [0.05, 0.1) is 5.01 Å². The van der Waals surface area contributed by atoms with Crippen LogP contribution in [-0.2, 0) is 0 Å². The fraction of sp³-hybridized carbons (Fsp3) is 0.100. The van der Waals surface area contributed by atoms with Gasteiger partial charge in [0.15, 0.2) is 0 Å². The van der Waals surface area contributed by atoms with E-state index >= 15 is 0 Å². The summed E-state index contributed by atoms with van der Waals surface area (Å²) in [5, 5.41) is 5.40. The fourth-order valence-electron chi connectivity index (χ4n) is 1.10. The monoisotopic (exact) mass is 219 g/mol. The highest BCUT2D eigenvalue weighted by Crippen LogP contribution is 2.13. The van der Waals surface area contributed by atoms with Gasteiger partial charge in [-0.2, -0.15) is 0 Å². The number of hydrogen-bond donors (Lipinski definition) is 1. The van der Waals surface area contributed by atoms with E-state index in [4.69, 9.17) is 0 Å². The van der Waals surface area contributed by atoms with Crippen LogP contribution < -0.4 is 5.32 Å². The summed E-state index contributed by atoms with van der Waals surface area (Å²) in [6.45, 7) is 1.89. The summed E-state index contributed by atoms with van der Waals surface area (Å²) >= 11 is 1.50. The maximum absolute atomic E-state index is 11.6. The Kier molecular flexibility index (Phi) is 2.73. The molecule has 0 saturated carbocycles. The Morgan fingerprint density at radius 2 is 2.33 bits per heavy atom. The van der Waals surface area contributed by atoms with Crippen LogP contribution in [0.3, 0.4) is 0 Å². The number of nitrogens with one attached hydrogen (secondary N) is 1. The molecule has 0 fully saturated rings. The van der Waals surface area contributed by atoms with Crippen molar-refractivity contribution in [1.82, 2.24) is 9.97 Å². The molecule has 2 heterocycles. The molecule has 0 spiro atoms. The smallest absolute Gasteiger partial charge is 0.275 e. The molecule has 0 aliphatic heterocycles. The Morgan fingerprint density at radius 1 is 1.47 bits per heavy atom. The van der Waals surface area contributed by atoms with Crippen LogP contribution in [0.4, 0.5) is 5.82 Å². The lowest BCUT2D eigenvalue weighted by Crippen LogP contribution is -2.13. The van der Waals surface area contributed by atoms with Crippen molar-refractivity contribution in [2.45, 2.75) is 6.92 Å². The van der Waals surface area contributed by atoms with E-state index in [1.807, 2.05) is 6.92 Å². The van der Waals surface area contributed by atoms with Gasteiger partial charge in [0.2, 0.25) is 0 Å². The third kappa shape index (κ3) is 2.38. The molecular weight excluding hydrogens is 210 g/mol. The normalized spacial score (nSPS) is 9.93. The highest BCUT2D eigenvalue weighted by Gasteiger charge is 2.07. The van der Waals surface area contributed by atoms with E-state index in [2.05, 4.69) is 15.3 Å². The average Bonchev–Trinajstić information content (AvgIpc) is 2.65. The maximum Gasteiger partial charge on any atom is 0.275 e. The SMILES string of the molecule is Cc1nc(NC(=O)c2ccccn2)cs1. The molecule has 0 aromatic carbocycles. The minimum absolute atomic E-state index is 0.235. The van der Waals surface area contributed by atoms with Crippen molar-refractivity contribution in [1.29, 1.82) is 0 Å². The highest BCUT2D eigenvalue weighted by atomic mass is 32.1. The van der Waals surface area contributed by atoms with Crippen LogP contribution in [0.1, 0.15) is 15.5 Å². The number of pyridine rings is 1. The number of aromatic nitrogens is 2. The molecule has 76 valence electrons. The molecule has 0 bridgehead atoms. The quantitative estimate of drug-likeness (QED) is 0.841. The Morgan fingerprint density at radius 3 is 2.93 bits per heavy atom. The summed E-state index contributed by atoms with van der Waals surface area (Å²) in [6.07, 6.45) is 1.58. The minimum atomic E-state index is -0.235. The zero-order chi connectivity index (χ0) is 10.7. The number of hydrogen-bond acceptors (Lipinski definition) is 4. The third-order valence-corrected chi connectivity index (χ3v) is 2.53. The highest BCUT2D eigenvalue weighted by molar-refractivity contribution is 7.09. The Hall–Kier alpha value is -1.75. The first-order chi connectivity index (χ1) is 7.25. The van der Waals surface area contributed by atoms with Crippen molar-refractivity contribution in [2.24, 2.45) is 0 Å². The number of aryl methyl sites for hydroxylation is 1. The summed E-state index contributed by atoms with van der Waals surface area (Å²) in [6, 6.07) is 5.20. The van der Waals surface area contributed by atoms with E-state index < -0.39 is 0 Å². The summed E-state index contributed by atoms with van der Waals surface area (Å²) in [7, 11) is 0. The van der Waals surface area contributed by atoms with E-state index in [1.54, 1.807) is 29.8 Å². The molecule has 2 aromatic heterocycles. The first kappa shape index (κ1) is 9.79. The summed E-state index contributed by atoms with van der Waals surface area (Å²) in [5.41, 5.74) is 0.392. The van der Waals surface area contributed by atoms with Crippen molar-refractivity contribution in [3.05, 3.63) is 40.5 Å². The summed E-state index contributed by atoms with van der Waals surface area (Å²) in [5.74, 6) is 0.342. The van der Waals surface area contributed by atoms with Gasteiger partial charge in [-0.15, -0.1) is 11.3 Å². The van der Waals surface area contributed by atoms with Crippen LogP contribution in [-0.4, -0.2) is 15.9 Å². The largest absolute Gasteiger partial charge is 0.305 e. The van der Waals surface area contributed by atoms with Gasteiger partial charge in [0, 0.05) is 11.6 Å². The number of rotatable bonds is 2. The number of nitrogens with zero attached hydrogens (tertiary/aromatic N) is 2. The molecule has 1 amide bonds. The Balaban J connectivity index is 2.11. The summed E-state index contributed by atoms with van der Waals surface area (Å²) < 4.78 is 0. The zero-order valence-corrected chi connectivity index (χ0v) is 8.91. The van der Waals surface area contributed by atoms with Gasteiger partial charge >= 0.3 is 0 Å². The maximum atomic E-state index is 11.6. The number of amides is 1.